The van der Waals surface area contributed by atoms with Gasteiger partial charge >= 0.3 is 114 Å². The summed E-state index contributed by atoms with van der Waals surface area (Å²) in [5.74, 6) is -0.0363. The van der Waals surface area contributed by atoms with E-state index >= 15 is 0 Å². The van der Waals surface area contributed by atoms with Crippen molar-refractivity contribution < 1.29 is 27.7 Å². The molecule has 0 amide bonds. The number of allylic oxidation sites excluding steroid dienone is 4. The summed E-state index contributed by atoms with van der Waals surface area (Å²) in [5, 5.41) is 0. The first-order valence-electron chi connectivity index (χ1n) is 6.17. The molecule has 0 aliphatic heterocycles. The van der Waals surface area contributed by atoms with E-state index in [0.717, 1.165) is 6.42 Å². The molecule has 1 aliphatic rings. The zero-order valence-electron chi connectivity index (χ0n) is 11.7. The summed E-state index contributed by atoms with van der Waals surface area (Å²) in [6.45, 7) is 13.0. The monoisotopic (exact) mass is 270 g/mol. The van der Waals surface area contributed by atoms with E-state index < -0.39 is 19.5 Å². The minimum atomic E-state index is -0.772. The van der Waals surface area contributed by atoms with Crippen LogP contribution in [0.1, 0.15) is 54.4 Å². The van der Waals surface area contributed by atoms with Crippen LogP contribution in [-0.4, -0.2) is 5.97 Å². The van der Waals surface area contributed by atoms with Gasteiger partial charge in [0, 0.05) is 0 Å². The fraction of sp³-hybridized carbons (Fsp3) is 0.643. The summed E-state index contributed by atoms with van der Waals surface area (Å²) in [4.78, 5) is 11.5. The Bertz CT molecular complexity index is 389. The molecule has 0 N–H and O–H groups in total. The molecule has 0 fully saturated rings. The van der Waals surface area contributed by atoms with Crippen molar-refractivity contribution in [3.8, 4) is 0 Å². The Kier molecular flexibility index (Phi) is 4.80. The van der Waals surface area contributed by atoms with Crippen LogP contribution in [0.15, 0.2) is 20.6 Å². The molecular formula is C14H22O2Ti. The van der Waals surface area contributed by atoms with Crippen LogP contribution in [-0.2, 0) is 27.7 Å². The van der Waals surface area contributed by atoms with Gasteiger partial charge in [0.25, 0.3) is 0 Å². The van der Waals surface area contributed by atoms with Crippen LogP contribution in [0.25, 0.3) is 0 Å². The average Bonchev–Trinajstić information content (AvgIpc) is 2.39. The van der Waals surface area contributed by atoms with Gasteiger partial charge in [0.1, 0.15) is 0 Å². The van der Waals surface area contributed by atoms with Gasteiger partial charge in [-0.25, -0.2) is 0 Å². The maximum absolute atomic E-state index is 11.5. The van der Waals surface area contributed by atoms with E-state index in [1.54, 1.807) is 0 Å². The maximum atomic E-state index is 11.5. The van der Waals surface area contributed by atoms with Crippen molar-refractivity contribution in [2.75, 3.05) is 0 Å². The number of rotatable bonds is 4. The Hall–Kier alpha value is -0.336. The molecule has 0 aromatic heterocycles. The number of carbonyl (C=O) groups is 1. The number of hydrogen-bond donors (Lipinski definition) is 0. The normalized spacial score (nSPS) is 18.7. The van der Waals surface area contributed by atoms with Crippen LogP contribution in [0.4, 0.5) is 0 Å². The molecule has 0 radical (unpaired) electrons. The molecule has 0 spiro atoms. The van der Waals surface area contributed by atoms with Crippen molar-refractivity contribution in [1.29, 1.82) is 0 Å². The van der Waals surface area contributed by atoms with E-state index in [-0.39, 0.29) is 11.4 Å². The molecule has 0 saturated carbocycles. The van der Waals surface area contributed by atoms with Crippen LogP contribution in [0.5, 0.6) is 0 Å². The zero-order chi connectivity index (χ0) is 13.2. The molecule has 3 heteroatoms. The molecule has 17 heavy (non-hydrogen) atoms. The van der Waals surface area contributed by atoms with Crippen LogP contribution < -0.4 is 0 Å². The summed E-state index contributed by atoms with van der Waals surface area (Å²) in [7, 11) is 0. The topological polar surface area (TPSA) is 26.3 Å². The van der Waals surface area contributed by atoms with Crippen molar-refractivity contribution in [3.63, 3.8) is 0 Å². The summed E-state index contributed by atoms with van der Waals surface area (Å²) >= 11 is -0.772. The SMILES string of the molecule is CCCC(=O)[O][Ti][C]1=C(C)C(C)=C(C)C1(C)C. The van der Waals surface area contributed by atoms with Crippen molar-refractivity contribution in [2.24, 2.45) is 5.41 Å². The van der Waals surface area contributed by atoms with E-state index in [2.05, 4.69) is 34.6 Å². The van der Waals surface area contributed by atoms with E-state index in [0.29, 0.717) is 6.42 Å². The zero-order valence-corrected chi connectivity index (χ0v) is 13.3. The second-order valence-corrected chi connectivity index (χ2v) is 6.62. The van der Waals surface area contributed by atoms with Gasteiger partial charge in [0.05, 0.1) is 0 Å². The van der Waals surface area contributed by atoms with Crippen molar-refractivity contribution in [3.05, 3.63) is 20.6 Å². The fourth-order valence-electron chi connectivity index (χ4n) is 2.16. The van der Waals surface area contributed by atoms with Gasteiger partial charge in [0.15, 0.2) is 0 Å². The Morgan fingerprint density at radius 2 is 1.82 bits per heavy atom. The molecule has 0 bridgehead atoms. The molecule has 0 heterocycles. The first-order valence-corrected chi connectivity index (χ1v) is 7.59. The average molecular weight is 270 g/mol. The molecule has 2 nitrogen and oxygen atoms in total. The Morgan fingerprint density at radius 3 is 2.24 bits per heavy atom. The summed E-state index contributed by atoms with van der Waals surface area (Å²) in [6.07, 6.45) is 1.41. The predicted molar refractivity (Wildman–Crippen MR) is 65.9 cm³/mol. The minimum absolute atomic E-state index is 0.0363. The third-order valence-electron chi connectivity index (χ3n) is 3.78. The first-order chi connectivity index (χ1) is 7.82. The van der Waals surface area contributed by atoms with Crippen LogP contribution in [0, 0.1) is 5.41 Å². The second kappa shape index (κ2) is 5.54. The van der Waals surface area contributed by atoms with E-state index in [4.69, 9.17) is 3.32 Å². The summed E-state index contributed by atoms with van der Waals surface area (Å²) in [5.41, 5.74) is 4.22. The Labute approximate surface area is 114 Å². The van der Waals surface area contributed by atoms with Crippen molar-refractivity contribution >= 4 is 5.97 Å². The quantitative estimate of drug-likeness (QED) is 0.722. The van der Waals surface area contributed by atoms with Gasteiger partial charge in [-0.3, -0.25) is 0 Å². The molecule has 0 aromatic carbocycles. The van der Waals surface area contributed by atoms with E-state index in [9.17, 15) is 4.79 Å². The predicted octanol–water partition coefficient (Wildman–Crippen LogP) is 3.98. The molecule has 1 rings (SSSR count). The molecule has 0 saturated heterocycles. The van der Waals surface area contributed by atoms with Crippen LogP contribution >= 0.6 is 0 Å². The summed E-state index contributed by atoms with van der Waals surface area (Å²) < 4.78 is 6.84. The Morgan fingerprint density at radius 1 is 1.24 bits per heavy atom. The molecule has 94 valence electrons. The number of carbonyl (C=O) groups excluding carboxylic acids is 1. The molecular weight excluding hydrogens is 248 g/mol. The fourth-order valence-corrected chi connectivity index (χ4v) is 3.88. The molecule has 0 unspecified atom stereocenters. The molecule has 0 atom stereocenters. The van der Waals surface area contributed by atoms with Crippen molar-refractivity contribution in [2.45, 2.75) is 54.4 Å². The van der Waals surface area contributed by atoms with Crippen LogP contribution in [0.2, 0.25) is 0 Å². The molecule has 1 aliphatic carbocycles. The Balaban J connectivity index is 2.77. The van der Waals surface area contributed by atoms with Gasteiger partial charge in [0.2, 0.25) is 0 Å². The third-order valence-corrected chi connectivity index (χ3v) is 6.18. The third kappa shape index (κ3) is 2.92. The van der Waals surface area contributed by atoms with E-state index in [1.165, 1.54) is 20.6 Å². The van der Waals surface area contributed by atoms with Gasteiger partial charge in [-0.1, -0.05) is 0 Å². The van der Waals surface area contributed by atoms with Gasteiger partial charge in [-0.15, -0.1) is 0 Å². The standard InChI is InChI=1S/C10H15.C4H8O2.Ti/c1-7-6-10(4,5)9(3)8(7)2;1-2-3-4(5)6;/h1-5H3;2-3H2,1H3,(H,5,6);/q;;+1/p-1. The van der Waals surface area contributed by atoms with Gasteiger partial charge in [-0.05, 0) is 0 Å². The van der Waals surface area contributed by atoms with Crippen molar-refractivity contribution in [1.82, 2.24) is 0 Å². The first kappa shape index (κ1) is 14.7. The molecule has 0 aromatic rings. The van der Waals surface area contributed by atoms with E-state index in [1.807, 2.05) is 6.92 Å². The summed E-state index contributed by atoms with van der Waals surface area (Å²) in [6, 6.07) is 0. The second-order valence-electron chi connectivity index (χ2n) is 5.20. The number of hydrogen-bond acceptors (Lipinski definition) is 2. The van der Waals surface area contributed by atoms with Crippen LogP contribution in [0.3, 0.4) is 0 Å². The van der Waals surface area contributed by atoms with Gasteiger partial charge < -0.3 is 0 Å². The van der Waals surface area contributed by atoms with Gasteiger partial charge in [-0.2, -0.15) is 0 Å².